The van der Waals surface area contributed by atoms with E-state index in [1.54, 1.807) is 30.9 Å². The van der Waals surface area contributed by atoms with Gasteiger partial charge in [0, 0.05) is 60.9 Å². The minimum Gasteiger partial charge on any atom is -0.588 e. The Morgan fingerprint density at radius 1 is 0.939 bits per heavy atom. The highest BCUT2D eigenvalue weighted by atomic mass is 32.2. The topological polar surface area (TPSA) is 132 Å². The maximum Gasteiger partial charge on any atom is 0.374 e. The van der Waals surface area contributed by atoms with E-state index in [2.05, 4.69) is 4.90 Å². The van der Waals surface area contributed by atoms with Crippen LogP contribution in [0.3, 0.4) is 0 Å². The molecule has 49 heavy (non-hydrogen) atoms. The number of nitro benzene ring substituents is 1. The summed E-state index contributed by atoms with van der Waals surface area (Å²) in [5.74, 6) is -0.575. The predicted octanol–water partition coefficient (Wildman–Crippen LogP) is 6.56. The molecule has 1 unspecified atom stereocenters. The van der Waals surface area contributed by atoms with Crippen LogP contribution in [-0.4, -0.2) is 65.6 Å². The molecule has 1 atom stereocenters. The van der Waals surface area contributed by atoms with E-state index in [-0.39, 0.29) is 24.0 Å². The van der Waals surface area contributed by atoms with E-state index in [9.17, 15) is 24.3 Å². The Bertz CT molecular complexity index is 1960. The molecule has 0 aliphatic carbocycles. The molecule has 1 aromatic heterocycles. The van der Waals surface area contributed by atoms with Crippen molar-refractivity contribution in [3.8, 4) is 0 Å². The summed E-state index contributed by atoms with van der Waals surface area (Å²) >= 11 is -1.64. The van der Waals surface area contributed by atoms with Crippen LogP contribution >= 0.6 is 0 Å². The number of esters is 1. The molecule has 0 saturated carbocycles. The zero-order valence-corrected chi connectivity index (χ0v) is 28.1. The molecule has 0 N–H and O–H groups in total. The highest BCUT2D eigenvalue weighted by Gasteiger charge is 2.30. The highest BCUT2D eigenvalue weighted by molar-refractivity contribution is 7.92. The second-order valence-corrected chi connectivity index (χ2v) is 13.0. The average molecular weight is 681 g/mol. The normalized spacial score (nSPS) is 13.7. The number of para-hydroxylation sites is 2. The van der Waals surface area contributed by atoms with Gasteiger partial charge in [-0.3, -0.25) is 14.9 Å². The Morgan fingerprint density at radius 3 is 2.33 bits per heavy atom. The maximum atomic E-state index is 14.6. The molecule has 1 aliphatic rings. The number of non-ortho nitro benzene ring substituents is 1. The fourth-order valence-corrected chi connectivity index (χ4v) is 7.24. The third-order valence-electron chi connectivity index (χ3n) is 8.60. The number of nitrogens with zero attached hydrogens (tertiary/aromatic N) is 4. The van der Waals surface area contributed by atoms with Crippen molar-refractivity contribution in [1.29, 1.82) is 0 Å². The van der Waals surface area contributed by atoms with Crippen LogP contribution in [0.4, 0.5) is 17.1 Å². The van der Waals surface area contributed by atoms with Gasteiger partial charge in [0.2, 0.25) is 5.76 Å². The highest BCUT2D eigenvalue weighted by Crippen LogP contribution is 2.36. The third kappa shape index (κ3) is 7.25. The number of rotatable bonds is 11. The standard InChI is InChI=1S/C37H36N4O7S/c1-3-47-37(43)35-26(2)31-25-30(17-18-34(31)48-35)49(46)40(20-19-27-9-5-4-6-10-27)33-12-8-7-11-32(33)38-21-23-39(24-22-38)36(42)28-13-15-29(16-14-28)41(44)45/h4-18,25H,3,19-24H2,1-2H3. The number of nitro groups is 1. The van der Waals surface area contributed by atoms with Crippen molar-refractivity contribution in [3.63, 3.8) is 0 Å². The number of aryl methyl sites for hydroxylation is 1. The summed E-state index contributed by atoms with van der Waals surface area (Å²) < 4.78 is 27.4. The lowest BCUT2D eigenvalue weighted by molar-refractivity contribution is -0.384. The Morgan fingerprint density at radius 2 is 1.63 bits per heavy atom. The molecule has 0 radical (unpaired) electrons. The second-order valence-electron chi connectivity index (χ2n) is 11.6. The monoisotopic (exact) mass is 680 g/mol. The number of anilines is 2. The number of piperazine rings is 1. The van der Waals surface area contributed by atoms with E-state index in [0.717, 1.165) is 16.9 Å². The van der Waals surface area contributed by atoms with Crippen LogP contribution in [-0.2, 0) is 22.5 Å². The van der Waals surface area contributed by atoms with Gasteiger partial charge < -0.3 is 23.5 Å². The molecule has 0 spiro atoms. The van der Waals surface area contributed by atoms with Gasteiger partial charge in [0.1, 0.15) is 22.6 Å². The molecule has 1 fully saturated rings. The van der Waals surface area contributed by atoms with E-state index in [1.807, 2.05) is 65.0 Å². The molecule has 252 valence electrons. The number of furan rings is 1. The molecule has 6 rings (SSSR count). The summed E-state index contributed by atoms with van der Waals surface area (Å²) in [6.07, 6.45) is 0.651. The molecule has 4 aromatic carbocycles. The first-order valence-corrected chi connectivity index (χ1v) is 17.2. The first-order chi connectivity index (χ1) is 23.7. The molecular formula is C37H36N4O7S. The minimum absolute atomic E-state index is 0.0616. The summed E-state index contributed by atoms with van der Waals surface area (Å²) in [6.45, 7) is 6.22. The number of carbonyl (C=O) groups is 2. The van der Waals surface area contributed by atoms with E-state index in [1.165, 1.54) is 24.3 Å². The first-order valence-electron chi connectivity index (χ1n) is 16.1. The quantitative estimate of drug-likeness (QED) is 0.0658. The minimum atomic E-state index is -1.64. The number of ether oxygens (including phenoxy) is 1. The maximum absolute atomic E-state index is 14.6. The number of hydrogen-bond acceptors (Lipinski definition) is 9. The lowest BCUT2D eigenvalue weighted by Gasteiger charge is -2.38. The summed E-state index contributed by atoms with van der Waals surface area (Å²) in [5.41, 5.74) is 4.29. The van der Waals surface area contributed by atoms with E-state index in [0.29, 0.717) is 66.1 Å². The summed E-state index contributed by atoms with van der Waals surface area (Å²) in [4.78, 5) is 40.8. The fourth-order valence-electron chi connectivity index (χ4n) is 6.00. The lowest BCUT2D eigenvalue weighted by Crippen LogP contribution is -2.49. The molecule has 0 bridgehead atoms. The van der Waals surface area contributed by atoms with Gasteiger partial charge in [-0.25, -0.2) is 4.79 Å². The van der Waals surface area contributed by atoms with Crippen molar-refractivity contribution < 1.29 is 28.2 Å². The lowest BCUT2D eigenvalue weighted by atomic mass is 10.1. The Kier molecular flexibility index (Phi) is 10.2. The van der Waals surface area contributed by atoms with Crippen LogP contribution in [0.25, 0.3) is 11.0 Å². The molecule has 1 amide bonds. The number of fused-ring (bicyclic) bond motifs is 1. The van der Waals surface area contributed by atoms with Gasteiger partial charge in [0.15, 0.2) is 4.90 Å². The van der Waals surface area contributed by atoms with Gasteiger partial charge in [-0.1, -0.05) is 42.5 Å². The Labute approximate surface area is 287 Å². The zero-order valence-electron chi connectivity index (χ0n) is 27.2. The van der Waals surface area contributed by atoms with Crippen LogP contribution in [0.1, 0.15) is 39.0 Å². The Hall–Kier alpha value is -5.33. The molecule has 2 heterocycles. The molecular weight excluding hydrogens is 644 g/mol. The van der Waals surface area contributed by atoms with Gasteiger partial charge in [-0.15, -0.1) is 0 Å². The average Bonchev–Trinajstić information content (AvgIpc) is 3.47. The molecule has 1 saturated heterocycles. The molecule has 11 nitrogen and oxygen atoms in total. The second kappa shape index (κ2) is 14.8. The number of carbonyl (C=O) groups excluding carboxylic acids is 2. The zero-order chi connectivity index (χ0) is 34.5. The van der Waals surface area contributed by atoms with Gasteiger partial charge in [0.25, 0.3) is 11.6 Å². The van der Waals surface area contributed by atoms with Crippen molar-refractivity contribution in [2.75, 3.05) is 48.5 Å². The van der Waals surface area contributed by atoms with Crippen LogP contribution in [0.2, 0.25) is 0 Å². The molecule has 12 heteroatoms. The summed E-state index contributed by atoms with van der Waals surface area (Å²) in [6, 6.07) is 28.8. The van der Waals surface area contributed by atoms with Crippen molar-refractivity contribution >= 4 is 51.3 Å². The number of amides is 1. The van der Waals surface area contributed by atoms with E-state index in [4.69, 9.17) is 9.15 Å². The van der Waals surface area contributed by atoms with Crippen LogP contribution in [0.5, 0.6) is 0 Å². The fraction of sp³-hybridized carbons (Fsp3) is 0.243. The predicted molar refractivity (Wildman–Crippen MR) is 188 cm³/mol. The van der Waals surface area contributed by atoms with Crippen LogP contribution in [0.15, 0.2) is 106 Å². The van der Waals surface area contributed by atoms with Gasteiger partial charge in [0.05, 0.1) is 23.8 Å². The van der Waals surface area contributed by atoms with Crippen molar-refractivity contribution in [1.82, 2.24) is 4.90 Å². The summed E-state index contributed by atoms with van der Waals surface area (Å²) in [7, 11) is 0. The van der Waals surface area contributed by atoms with Crippen LogP contribution in [0, 0.1) is 17.0 Å². The third-order valence-corrected chi connectivity index (χ3v) is 10.0. The Balaban J connectivity index is 1.27. The van der Waals surface area contributed by atoms with E-state index < -0.39 is 22.3 Å². The van der Waals surface area contributed by atoms with Gasteiger partial charge in [-0.2, -0.15) is 4.31 Å². The van der Waals surface area contributed by atoms with Crippen molar-refractivity contribution in [2.45, 2.75) is 25.2 Å². The van der Waals surface area contributed by atoms with Gasteiger partial charge in [-0.05, 0) is 62.2 Å². The number of hydrogen-bond donors (Lipinski definition) is 0. The van der Waals surface area contributed by atoms with Crippen molar-refractivity contribution in [3.05, 3.63) is 130 Å². The van der Waals surface area contributed by atoms with E-state index >= 15 is 0 Å². The molecule has 1 aliphatic heterocycles. The van der Waals surface area contributed by atoms with Crippen LogP contribution < -0.4 is 9.21 Å². The van der Waals surface area contributed by atoms with Gasteiger partial charge >= 0.3 is 5.97 Å². The number of benzene rings is 4. The first kappa shape index (κ1) is 33.6. The SMILES string of the molecule is CCOC(=O)c1oc2ccc([S+]([O-])N(CCc3ccccc3)c3ccccc3N3CCN(C(=O)c4ccc([N+](=O)[O-])cc4)CC3)cc2c1C. The largest absolute Gasteiger partial charge is 0.588 e. The summed E-state index contributed by atoms with van der Waals surface area (Å²) in [5, 5.41) is 11.7. The smallest absolute Gasteiger partial charge is 0.374 e. The van der Waals surface area contributed by atoms with Crippen molar-refractivity contribution in [2.24, 2.45) is 0 Å². The molecule has 5 aromatic rings.